The molecule has 11 heteroatoms. The van der Waals surface area contributed by atoms with Crippen LogP contribution in [0.5, 0.6) is 0 Å². The topological polar surface area (TPSA) is 133 Å². The van der Waals surface area contributed by atoms with Gasteiger partial charge in [-0.05, 0) is 32.7 Å². The number of carbonyl (C=O) groups excluding carboxylic acids is 3. The number of fused-ring (bicyclic) bond motifs is 3. The van der Waals surface area contributed by atoms with Gasteiger partial charge in [-0.1, -0.05) is 37.3 Å². The fourth-order valence-electron chi connectivity index (χ4n) is 6.42. The van der Waals surface area contributed by atoms with Gasteiger partial charge in [-0.3, -0.25) is 19.3 Å². The Balaban J connectivity index is 1.35. The van der Waals surface area contributed by atoms with E-state index >= 15 is 0 Å². The van der Waals surface area contributed by atoms with Gasteiger partial charge in [-0.15, -0.1) is 5.10 Å². The molecule has 11 nitrogen and oxygen atoms in total. The van der Waals surface area contributed by atoms with E-state index in [0.29, 0.717) is 31.8 Å². The molecule has 1 aliphatic carbocycles. The molecule has 1 aromatic rings. The van der Waals surface area contributed by atoms with Crippen molar-refractivity contribution in [3.05, 3.63) is 11.9 Å². The third-order valence-corrected chi connectivity index (χ3v) is 8.56. The minimum Gasteiger partial charge on any atom is -0.390 e. The quantitative estimate of drug-likeness (QED) is 0.531. The van der Waals surface area contributed by atoms with Gasteiger partial charge in [-0.2, -0.15) is 0 Å². The van der Waals surface area contributed by atoms with Crippen molar-refractivity contribution in [2.45, 2.75) is 101 Å². The highest BCUT2D eigenvalue weighted by Gasteiger charge is 2.46. The van der Waals surface area contributed by atoms with Crippen LogP contribution in [0.1, 0.15) is 70.0 Å². The Morgan fingerprint density at radius 3 is 2.61 bits per heavy atom. The molecule has 198 valence electrons. The van der Waals surface area contributed by atoms with Crippen molar-refractivity contribution in [2.24, 2.45) is 5.92 Å². The van der Waals surface area contributed by atoms with Crippen molar-refractivity contribution >= 4 is 17.7 Å². The number of likely N-dealkylation sites (tertiary alicyclic amines) is 1. The Morgan fingerprint density at radius 2 is 1.83 bits per heavy atom. The lowest BCUT2D eigenvalue weighted by Crippen LogP contribution is -2.54. The first-order valence-electron chi connectivity index (χ1n) is 13.5. The molecule has 4 aliphatic rings. The zero-order valence-electron chi connectivity index (χ0n) is 21.3. The summed E-state index contributed by atoms with van der Waals surface area (Å²) in [6.07, 6.45) is 9.07. The Morgan fingerprint density at radius 1 is 1.06 bits per heavy atom. The van der Waals surface area contributed by atoms with Crippen LogP contribution < -0.4 is 10.6 Å². The minimum absolute atomic E-state index is 0.0972. The molecule has 6 atom stereocenters. The maximum Gasteiger partial charge on any atom is 0.243 e. The second-order valence-corrected chi connectivity index (χ2v) is 11.3. The number of hydrogen-bond donors (Lipinski definition) is 3. The van der Waals surface area contributed by atoms with E-state index in [1.165, 1.54) is 32.1 Å². The minimum atomic E-state index is -1.01. The van der Waals surface area contributed by atoms with Gasteiger partial charge >= 0.3 is 0 Å². The molecule has 1 saturated carbocycles. The summed E-state index contributed by atoms with van der Waals surface area (Å²) in [6.45, 7) is 2.61. The maximum atomic E-state index is 13.7. The van der Waals surface area contributed by atoms with E-state index in [2.05, 4.69) is 20.9 Å². The predicted octanol–water partition coefficient (Wildman–Crippen LogP) is 0.00110. The normalized spacial score (nSPS) is 35.0. The Bertz CT molecular complexity index is 977. The Labute approximate surface area is 211 Å². The number of likely N-dealkylation sites (N-methyl/N-ethyl adjacent to an activating group) is 1. The number of aliphatic hydroxyl groups excluding tert-OH is 1. The number of hydrogen-bond acceptors (Lipinski definition) is 7. The van der Waals surface area contributed by atoms with Gasteiger partial charge in [0.25, 0.3) is 0 Å². The van der Waals surface area contributed by atoms with Crippen LogP contribution in [-0.2, 0) is 20.8 Å². The SMILES string of the molecule is C[C@@H]1NC(=O)[C@@H]2C[C@H](n3cc(CC4CCCCC4)nn3)CN2C(=O)[C@@H]2C[C@H](CN2C)NC(=O)C[C@@H]1O. The number of aromatic nitrogens is 3. The van der Waals surface area contributed by atoms with Crippen LogP contribution in [0.15, 0.2) is 6.20 Å². The zero-order valence-corrected chi connectivity index (χ0v) is 21.3. The molecule has 3 saturated heterocycles. The largest absolute Gasteiger partial charge is 0.390 e. The molecule has 0 unspecified atom stereocenters. The highest BCUT2D eigenvalue weighted by Crippen LogP contribution is 2.31. The lowest BCUT2D eigenvalue weighted by Gasteiger charge is -2.30. The summed E-state index contributed by atoms with van der Waals surface area (Å²) < 4.78 is 1.83. The van der Waals surface area contributed by atoms with Crippen LogP contribution in [0.25, 0.3) is 0 Å². The summed E-state index contributed by atoms with van der Waals surface area (Å²) in [5.41, 5.74) is 0.973. The molecule has 3 N–H and O–H groups in total. The molecule has 1 aromatic heterocycles. The van der Waals surface area contributed by atoms with E-state index in [4.69, 9.17) is 0 Å². The number of carbonyl (C=O) groups is 3. The Hall–Kier alpha value is -2.53. The molecule has 4 fully saturated rings. The number of rotatable bonds is 3. The molecular formula is C25H39N7O4. The maximum absolute atomic E-state index is 13.7. The summed E-state index contributed by atoms with van der Waals surface area (Å²) in [4.78, 5) is 43.1. The molecule has 4 heterocycles. The lowest BCUT2D eigenvalue weighted by molar-refractivity contribution is -0.142. The molecular weight excluding hydrogens is 462 g/mol. The number of amides is 3. The van der Waals surface area contributed by atoms with Crippen molar-refractivity contribution in [1.82, 2.24) is 35.4 Å². The van der Waals surface area contributed by atoms with Gasteiger partial charge in [0.1, 0.15) is 6.04 Å². The second kappa shape index (κ2) is 10.5. The van der Waals surface area contributed by atoms with Gasteiger partial charge < -0.3 is 20.6 Å². The zero-order chi connectivity index (χ0) is 25.4. The second-order valence-electron chi connectivity index (χ2n) is 11.3. The number of nitrogens with one attached hydrogen (secondary N) is 2. The van der Waals surface area contributed by atoms with Gasteiger partial charge in [0.15, 0.2) is 0 Å². The van der Waals surface area contributed by atoms with Gasteiger partial charge in [-0.25, -0.2) is 4.68 Å². The highest BCUT2D eigenvalue weighted by molar-refractivity contribution is 5.91. The van der Waals surface area contributed by atoms with E-state index < -0.39 is 24.2 Å². The van der Waals surface area contributed by atoms with Crippen LogP contribution in [0.3, 0.4) is 0 Å². The average molecular weight is 502 g/mol. The number of nitrogens with zero attached hydrogens (tertiary/aromatic N) is 5. The summed E-state index contributed by atoms with van der Waals surface area (Å²) >= 11 is 0. The van der Waals surface area contributed by atoms with Crippen molar-refractivity contribution in [3.8, 4) is 0 Å². The molecule has 3 amide bonds. The van der Waals surface area contributed by atoms with E-state index in [1.807, 2.05) is 22.8 Å². The van der Waals surface area contributed by atoms with Gasteiger partial charge in [0.2, 0.25) is 17.7 Å². The first-order chi connectivity index (χ1) is 17.3. The van der Waals surface area contributed by atoms with E-state index in [-0.39, 0.29) is 36.2 Å². The van der Waals surface area contributed by atoms with Crippen LogP contribution >= 0.6 is 0 Å². The summed E-state index contributed by atoms with van der Waals surface area (Å²) in [5.74, 6) is -0.0318. The third-order valence-electron chi connectivity index (χ3n) is 8.56. The molecule has 36 heavy (non-hydrogen) atoms. The molecule has 3 aliphatic heterocycles. The molecule has 2 bridgehead atoms. The van der Waals surface area contributed by atoms with Crippen molar-refractivity contribution < 1.29 is 19.5 Å². The van der Waals surface area contributed by atoms with E-state index in [9.17, 15) is 19.5 Å². The predicted molar refractivity (Wildman–Crippen MR) is 131 cm³/mol. The van der Waals surface area contributed by atoms with Crippen molar-refractivity contribution in [1.29, 1.82) is 0 Å². The Kier molecular flexibility index (Phi) is 7.30. The van der Waals surface area contributed by atoms with Crippen molar-refractivity contribution in [2.75, 3.05) is 20.1 Å². The smallest absolute Gasteiger partial charge is 0.243 e. The fourth-order valence-corrected chi connectivity index (χ4v) is 6.42. The van der Waals surface area contributed by atoms with Crippen LogP contribution in [0.2, 0.25) is 0 Å². The monoisotopic (exact) mass is 501 g/mol. The first kappa shape index (κ1) is 25.1. The van der Waals surface area contributed by atoms with E-state index in [0.717, 1.165) is 12.1 Å². The molecule has 0 aromatic carbocycles. The summed E-state index contributed by atoms with van der Waals surface area (Å²) in [5, 5.41) is 25.1. The lowest BCUT2D eigenvalue weighted by atomic mass is 9.86. The molecule has 0 radical (unpaired) electrons. The molecule has 0 spiro atoms. The number of aliphatic hydroxyl groups is 1. The average Bonchev–Trinajstić information content (AvgIpc) is 3.57. The highest BCUT2D eigenvalue weighted by atomic mass is 16.3. The summed E-state index contributed by atoms with van der Waals surface area (Å²) in [6, 6.07) is -2.01. The van der Waals surface area contributed by atoms with E-state index in [1.54, 1.807) is 11.8 Å². The first-order valence-corrected chi connectivity index (χ1v) is 13.5. The van der Waals surface area contributed by atoms with Crippen molar-refractivity contribution in [3.63, 3.8) is 0 Å². The fraction of sp³-hybridized carbons (Fsp3) is 0.800. The standard InChI is InChI=1S/C25H39N7O4/c1-15-22(33)11-23(34)27-17-9-21(30(2)12-17)25(36)31-14-19(10-20(31)24(35)26-15)32-13-18(28-29-32)8-16-6-4-3-5-7-16/h13,15-17,19-22,33H,3-12,14H2,1-2H3,(H,26,35)(H,27,34)/t15-,17+,19-,20-,21-,22-/m0/s1. The summed E-state index contributed by atoms with van der Waals surface area (Å²) in [7, 11) is 1.87. The van der Waals surface area contributed by atoms with Gasteiger partial charge in [0.05, 0.1) is 36.3 Å². The van der Waals surface area contributed by atoms with Crippen LogP contribution in [0, 0.1) is 5.92 Å². The third kappa shape index (κ3) is 5.27. The van der Waals surface area contributed by atoms with Crippen LogP contribution in [-0.4, -0.2) is 98.0 Å². The molecule has 5 rings (SSSR count). The van der Waals surface area contributed by atoms with Gasteiger partial charge in [0, 0.05) is 31.7 Å². The van der Waals surface area contributed by atoms with Crippen LogP contribution in [0.4, 0.5) is 0 Å².